The Morgan fingerprint density at radius 3 is 2.70 bits per heavy atom. The van der Waals surface area contributed by atoms with Crippen LogP contribution < -0.4 is 10.1 Å². The average molecular weight is 404 g/mol. The molecular weight excluding hydrogens is 393 g/mol. The predicted molar refractivity (Wildman–Crippen MR) is 86.8 cm³/mol. The highest BCUT2D eigenvalue weighted by Gasteiger charge is 2.12. The normalized spacial score (nSPS) is 10.2. The number of phenolic OH excluding ortho intramolecular Hbond substituents is 1. The van der Waals surface area contributed by atoms with E-state index >= 15 is 0 Å². The van der Waals surface area contributed by atoms with Gasteiger partial charge in [0.05, 0.1) is 17.7 Å². The summed E-state index contributed by atoms with van der Waals surface area (Å²) in [4.78, 5) is 12.1. The third-order valence-electron chi connectivity index (χ3n) is 2.61. The SMILES string of the molecule is COc1ccc(NC(=O)c2cc(I)ccc2O)cc1Cl. The lowest BCUT2D eigenvalue weighted by atomic mass is 10.2. The van der Waals surface area contributed by atoms with Gasteiger partial charge in [-0.25, -0.2) is 0 Å². The van der Waals surface area contributed by atoms with Crippen molar-refractivity contribution in [1.29, 1.82) is 0 Å². The summed E-state index contributed by atoms with van der Waals surface area (Å²) in [6.45, 7) is 0. The monoisotopic (exact) mass is 403 g/mol. The molecular formula is C14H11ClINO3. The fourth-order valence-electron chi connectivity index (χ4n) is 1.63. The Morgan fingerprint density at radius 1 is 1.30 bits per heavy atom. The second-order valence-corrected chi connectivity index (χ2v) is 5.62. The first-order valence-corrected chi connectivity index (χ1v) is 7.10. The molecule has 4 nitrogen and oxygen atoms in total. The van der Waals surface area contributed by atoms with Crippen molar-refractivity contribution in [2.75, 3.05) is 12.4 Å². The molecule has 0 aliphatic heterocycles. The molecule has 0 heterocycles. The van der Waals surface area contributed by atoms with E-state index in [1.165, 1.54) is 13.2 Å². The minimum Gasteiger partial charge on any atom is -0.507 e. The van der Waals surface area contributed by atoms with Crippen LogP contribution in [0.2, 0.25) is 5.02 Å². The molecule has 0 atom stereocenters. The van der Waals surface area contributed by atoms with E-state index in [0.29, 0.717) is 16.5 Å². The molecule has 0 spiro atoms. The van der Waals surface area contributed by atoms with Gasteiger partial charge in [-0.05, 0) is 59.0 Å². The molecule has 104 valence electrons. The third-order valence-corrected chi connectivity index (χ3v) is 3.58. The van der Waals surface area contributed by atoms with E-state index in [1.807, 2.05) is 0 Å². The number of carbonyl (C=O) groups excluding carboxylic acids is 1. The quantitative estimate of drug-likeness (QED) is 0.764. The first kappa shape index (κ1) is 14.9. The third kappa shape index (κ3) is 3.34. The van der Waals surface area contributed by atoms with Gasteiger partial charge in [0.25, 0.3) is 5.91 Å². The molecule has 0 bridgehead atoms. The largest absolute Gasteiger partial charge is 0.507 e. The van der Waals surface area contributed by atoms with Gasteiger partial charge in [-0.15, -0.1) is 0 Å². The molecule has 20 heavy (non-hydrogen) atoms. The molecule has 0 aliphatic rings. The molecule has 0 unspecified atom stereocenters. The van der Waals surface area contributed by atoms with Gasteiger partial charge < -0.3 is 15.2 Å². The Hall–Kier alpha value is -1.47. The number of benzene rings is 2. The van der Waals surface area contributed by atoms with Gasteiger partial charge in [0.1, 0.15) is 11.5 Å². The minimum absolute atomic E-state index is 0.0671. The minimum atomic E-state index is -0.401. The van der Waals surface area contributed by atoms with Crippen molar-refractivity contribution in [2.24, 2.45) is 0 Å². The number of rotatable bonds is 3. The van der Waals surface area contributed by atoms with Crippen molar-refractivity contribution < 1.29 is 14.6 Å². The van der Waals surface area contributed by atoms with E-state index in [2.05, 4.69) is 27.9 Å². The summed E-state index contributed by atoms with van der Waals surface area (Å²) in [5.41, 5.74) is 0.739. The molecule has 0 aliphatic carbocycles. The van der Waals surface area contributed by atoms with E-state index in [-0.39, 0.29) is 11.3 Å². The number of phenols is 1. The van der Waals surface area contributed by atoms with Crippen LogP contribution in [-0.2, 0) is 0 Å². The lowest BCUT2D eigenvalue weighted by Crippen LogP contribution is -2.12. The van der Waals surface area contributed by atoms with E-state index in [9.17, 15) is 9.90 Å². The summed E-state index contributed by atoms with van der Waals surface area (Å²) in [7, 11) is 1.52. The van der Waals surface area contributed by atoms with Gasteiger partial charge in [-0.2, -0.15) is 0 Å². The summed E-state index contributed by atoms with van der Waals surface area (Å²) in [5.74, 6) is 0.0616. The zero-order chi connectivity index (χ0) is 14.7. The average Bonchev–Trinajstić information content (AvgIpc) is 2.41. The van der Waals surface area contributed by atoms with Gasteiger partial charge >= 0.3 is 0 Å². The molecule has 2 rings (SSSR count). The van der Waals surface area contributed by atoms with Crippen LogP contribution in [0.3, 0.4) is 0 Å². The van der Waals surface area contributed by atoms with Crippen LogP contribution >= 0.6 is 34.2 Å². The Labute approximate surface area is 134 Å². The van der Waals surface area contributed by atoms with E-state index < -0.39 is 5.91 Å². The van der Waals surface area contributed by atoms with Crippen LogP contribution in [0.15, 0.2) is 36.4 Å². The molecule has 1 amide bonds. The second kappa shape index (κ2) is 6.32. The number of nitrogens with one attached hydrogen (secondary N) is 1. The Kier molecular flexibility index (Phi) is 4.72. The van der Waals surface area contributed by atoms with Crippen LogP contribution in [0.1, 0.15) is 10.4 Å². The Morgan fingerprint density at radius 2 is 2.05 bits per heavy atom. The number of hydrogen-bond donors (Lipinski definition) is 2. The fourth-order valence-corrected chi connectivity index (χ4v) is 2.38. The standard InChI is InChI=1S/C14H11ClINO3/c1-20-13-5-3-9(7-11(13)15)17-14(19)10-6-8(16)2-4-12(10)18/h2-7,18H,1H3,(H,17,19). The van der Waals surface area contributed by atoms with Gasteiger partial charge in [-0.1, -0.05) is 11.6 Å². The molecule has 2 aromatic rings. The van der Waals surface area contributed by atoms with Crippen molar-refractivity contribution >= 4 is 45.8 Å². The summed E-state index contributed by atoms with van der Waals surface area (Å²) in [5, 5.41) is 12.8. The zero-order valence-electron chi connectivity index (χ0n) is 10.5. The molecule has 2 N–H and O–H groups in total. The van der Waals surface area contributed by atoms with E-state index in [0.717, 1.165) is 3.57 Å². The van der Waals surface area contributed by atoms with Crippen molar-refractivity contribution in [3.63, 3.8) is 0 Å². The topological polar surface area (TPSA) is 58.6 Å². The number of ether oxygens (including phenoxy) is 1. The number of aromatic hydroxyl groups is 1. The number of hydrogen-bond acceptors (Lipinski definition) is 3. The van der Waals surface area contributed by atoms with Crippen LogP contribution in [0.5, 0.6) is 11.5 Å². The Balaban J connectivity index is 2.23. The maximum atomic E-state index is 12.1. The van der Waals surface area contributed by atoms with Crippen LogP contribution in [-0.4, -0.2) is 18.1 Å². The maximum Gasteiger partial charge on any atom is 0.259 e. The highest BCUT2D eigenvalue weighted by Crippen LogP contribution is 2.28. The molecule has 0 saturated carbocycles. The van der Waals surface area contributed by atoms with Gasteiger partial charge in [0, 0.05) is 9.26 Å². The van der Waals surface area contributed by atoms with Gasteiger partial charge in [0.2, 0.25) is 0 Å². The Bertz CT molecular complexity index is 661. The lowest BCUT2D eigenvalue weighted by Gasteiger charge is -2.09. The van der Waals surface area contributed by atoms with Crippen molar-refractivity contribution in [3.05, 3.63) is 50.6 Å². The summed E-state index contributed by atoms with van der Waals surface area (Å²) in [6, 6.07) is 9.73. The van der Waals surface area contributed by atoms with E-state index in [1.54, 1.807) is 30.3 Å². The van der Waals surface area contributed by atoms with Gasteiger partial charge in [-0.3, -0.25) is 4.79 Å². The van der Waals surface area contributed by atoms with Crippen molar-refractivity contribution in [2.45, 2.75) is 0 Å². The molecule has 0 aromatic heterocycles. The number of amides is 1. The summed E-state index contributed by atoms with van der Waals surface area (Å²) in [6.07, 6.45) is 0. The van der Waals surface area contributed by atoms with Crippen molar-refractivity contribution in [3.8, 4) is 11.5 Å². The molecule has 6 heteroatoms. The smallest absolute Gasteiger partial charge is 0.259 e. The highest BCUT2D eigenvalue weighted by atomic mass is 127. The molecule has 0 saturated heterocycles. The number of methoxy groups -OCH3 is 1. The number of anilines is 1. The van der Waals surface area contributed by atoms with Crippen LogP contribution in [0.4, 0.5) is 5.69 Å². The number of carbonyl (C=O) groups is 1. The molecule has 2 aromatic carbocycles. The lowest BCUT2D eigenvalue weighted by molar-refractivity contribution is 0.102. The first-order valence-electron chi connectivity index (χ1n) is 5.64. The molecule has 0 radical (unpaired) electrons. The summed E-state index contributed by atoms with van der Waals surface area (Å²) < 4.78 is 5.90. The number of halogens is 2. The zero-order valence-corrected chi connectivity index (χ0v) is 13.4. The summed E-state index contributed by atoms with van der Waals surface area (Å²) >= 11 is 8.06. The first-order chi connectivity index (χ1) is 9.51. The second-order valence-electron chi connectivity index (χ2n) is 3.96. The van der Waals surface area contributed by atoms with Gasteiger partial charge in [0.15, 0.2) is 0 Å². The van der Waals surface area contributed by atoms with Crippen LogP contribution in [0, 0.1) is 3.57 Å². The predicted octanol–water partition coefficient (Wildman–Crippen LogP) is 3.91. The fraction of sp³-hybridized carbons (Fsp3) is 0.0714. The van der Waals surface area contributed by atoms with Crippen molar-refractivity contribution in [1.82, 2.24) is 0 Å². The highest BCUT2D eigenvalue weighted by molar-refractivity contribution is 14.1. The maximum absolute atomic E-state index is 12.1. The van der Waals surface area contributed by atoms with E-state index in [4.69, 9.17) is 16.3 Å². The molecule has 0 fully saturated rings. The van der Waals surface area contributed by atoms with Crippen LogP contribution in [0.25, 0.3) is 0 Å².